The van der Waals surface area contributed by atoms with E-state index in [1.54, 1.807) is 6.20 Å². The fraction of sp³-hybridized carbons (Fsp3) is 0.474. The molecule has 3 rings (SSSR count). The van der Waals surface area contributed by atoms with Gasteiger partial charge in [0.2, 0.25) is 0 Å². The topological polar surface area (TPSA) is 54.0 Å². The molecule has 0 bridgehead atoms. The first-order valence-electron chi connectivity index (χ1n) is 8.61. The Labute approximate surface area is 138 Å². The highest BCUT2D eigenvalue weighted by Crippen LogP contribution is 2.27. The largest absolute Gasteiger partial charge is 0.322 e. The molecule has 1 aliphatic carbocycles. The van der Waals surface area contributed by atoms with Crippen LogP contribution in [0.1, 0.15) is 42.2 Å². The van der Waals surface area contributed by atoms with Gasteiger partial charge in [-0.3, -0.25) is 9.78 Å². The second-order valence-corrected chi connectivity index (χ2v) is 6.37. The van der Waals surface area contributed by atoms with Crippen LogP contribution in [0.3, 0.4) is 0 Å². The van der Waals surface area contributed by atoms with Crippen molar-refractivity contribution in [2.75, 3.05) is 13.1 Å². The molecule has 2 heterocycles. The van der Waals surface area contributed by atoms with Gasteiger partial charge in [0.1, 0.15) is 0 Å². The molecule has 1 aliphatic heterocycles. The number of aromatic nitrogens is 1. The first kappa shape index (κ1) is 15.9. The third kappa shape index (κ3) is 4.08. The number of hydrogen-bond acceptors (Lipinski definition) is 3. The van der Waals surface area contributed by atoms with E-state index in [4.69, 9.17) is 0 Å². The first-order valence-corrected chi connectivity index (χ1v) is 8.61. The molecule has 23 heavy (non-hydrogen) atoms. The van der Waals surface area contributed by atoms with Gasteiger partial charge in [0.15, 0.2) is 0 Å². The quantitative estimate of drug-likeness (QED) is 0.899. The molecule has 0 spiro atoms. The number of nitrogens with one attached hydrogen (secondary N) is 2. The molecule has 2 atom stereocenters. The molecular formula is C19H25N3O. The maximum absolute atomic E-state index is 12.3. The van der Waals surface area contributed by atoms with E-state index in [1.807, 2.05) is 12.1 Å². The SMILES string of the molecule is CCc1ccc(C(=O)NC2=CCC([C@@H]3CCCNC3)C=C2)cn1. The Bertz CT molecular complexity index is 598. The number of carbonyl (C=O) groups excluding carboxylic acids is 1. The zero-order valence-electron chi connectivity index (χ0n) is 13.7. The van der Waals surface area contributed by atoms with Gasteiger partial charge in [-0.05, 0) is 68.8 Å². The molecule has 1 fully saturated rings. The highest BCUT2D eigenvalue weighted by molar-refractivity contribution is 5.95. The zero-order chi connectivity index (χ0) is 16.1. The van der Waals surface area contributed by atoms with Crippen LogP contribution >= 0.6 is 0 Å². The third-order valence-corrected chi connectivity index (χ3v) is 4.78. The van der Waals surface area contributed by atoms with Crippen molar-refractivity contribution in [3.63, 3.8) is 0 Å². The minimum Gasteiger partial charge on any atom is -0.322 e. The minimum absolute atomic E-state index is 0.0890. The summed E-state index contributed by atoms with van der Waals surface area (Å²) in [7, 11) is 0. The molecule has 1 aromatic heterocycles. The average Bonchev–Trinajstić information content (AvgIpc) is 2.63. The molecule has 4 heteroatoms. The monoisotopic (exact) mass is 311 g/mol. The summed E-state index contributed by atoms with van der Waals surface area (Å²) in [5.74, 6) is 1.22. The minimum atomic E-state index is -0.0890. The van der Waals surface area contributed by atoms with Crippen LogP contribution in [0.5, 0.6) is 0 Å². The second-order valence-electron chi connectivity index (χ2n) is 6.37. The van der Waals surface area contributed by atoms with Crippen molar-refractivity contribution in [1.29, 1.82) is 0 Å². The Morgan fingerprint density at radius 3 is 2.96 bits per heavy atom. The van der Waals surface area contributed by atoms with Gasteiger partial charge in [-0.15, -0.1) is 0 Å². The maximum atomic E-state index is 12.3. The van der Waals surface area contributed by atoms with Crippen LogP contribution in [0.4, 0.5) is 0 Å². The molecule has 0 aromatic carbocycles. The van der Waals surface area contributed by atoms with Crippen molar-refractivity contribution in [1.82, 2.24) is 15.6 Å². The summed E-state index contributed by atoms with van der Waals surface area (Å²) in [6, 6.07) is 3.75. The number of nitrogens with zero attached hydrogens (tertiary/aromatic N) is 1. The maximum Gasteiger partial charge on any atom is 0.257 e. The molecule has 1 aromatic rings. The Balaban J connectivity index is 1.55. The van der Waals surface area contributed by atoms with E-state index in [-0.39, 0.29) is 5.91 Å². The summed E-state index contributed by atoms with van der Waals surface area (Å²) >= 11 is 0. The molecule has 1 saturated heterocycles. The standard InChI is InChI=1S/C19H25N3O/c1-2-17-8-7-16(13-21-17)19(23)22-18-9-5-14(6-10-18)15-4-3-11-20-12-15/h5,7-10,13-15,20H,2-4,6,11-12H2,1H3,(H,22,23)/t14?,15-/m1/s1. The van der Waals surface area contributed by atoms with Gasteiger partial charge in [0, 0.05) is 17.6 Å². The second kappa shape index (κ2) is 7.55. The predicted octanol–water partition coefficient (Wildman–Crippen LogP) is 2.83. The third-order valence-electron chi connectivity index (χ3n) is 4.78. The molecular weight excluding hydrogens is 286 g/mol. The molecule has 1 unspecified atom stereocenters. The number of carbonyl (C=O) groups is 1. The lowest BCUT2D eigenvalue weighted by Crippen LogP contribution is -2.34. The molecule has 0 radical (unpaired) electrons. The van der Waals surface area contributed by atoms with Crippen molar-refractivity contribution < 1.29 is 4.79 Å². The Kier molecular flexibility index (Phi) is 5.23. The van der Waals surface area contributed by atoms with E-state index in [0.29, 0.717) is 11.5 Å². The molecule has 122 valence electrons. The van der Waals surface area contributed by atoms with Crippen LogP contribution in [-0.2, 0) is 6.42 Å². The first-order chi connectivity index (χ1) is 11.3. The van der Waals surface area contributed by atoms with Gasteiger partial charge < -0.3 is 10.6 Å². The molecule has 2 N–H and O–H groups in total. The van der Waals surface area contributed by atoms with Crippen LogP contribution in [0.25, 0.3) is 0 Å². The van der Waals surface area contributed by atoms with Crippen molar-refractivity contribution in [3.05, 3.63) is 53.5 Å². The van der Waals surface area contributed by atoms with Crippen molar-refractivity contribution in [3.8, 4) is 0 Å². The van der Waals surface area contributed by atoms with Gasteiger partial charge in [0.05, 0.1) is 5.56 Å². The predicted molar refractivity (Wildman–Crippen MR) is 92.0 cm³/mol. The highest BCUT2D eigenvalue weighted by Gasteiger charge is 2.22. The Morgan fingerprint density at radius 2 is 2.35 bits per heavy atom. The average molecular weight is 311 g/mol. The van der Waals surface area contributed by atoms with E-state index in [1.165, 1.54) is 12.8 Å². The number of piperidine rings is 1. The summed E-state index contributed by atoms with van der Waals surface area (Å²) in [4.78, 5) is 16.5. The highest BCUT2D eigenvalue weighted by atomic mass is 16.1. The summed E-state index contributed by atoms with van der Waals surface area (Å²) in [5, 5.41) is 6.45. The lowest BCUT2D eigenvalue weighted by atomic mass is 9.82. The van der Waals surface area contributed by atoms with Crippen LogP contribution in [0.15, 0.2) is 42.3 Å². The molecule has 1 amide bonds. The molecule has 0 saturated carbocycles. The number of hydrogen-bond donors (Lipinski definition) is 2. The van der Waals surface area contributed by atoms with Gasteiger partial charge in [-0.1, -0.05) is 19.1 Å². The summed E-state index contributed by atoms with van der Waals surface area (Å²) in [6.07, 6.45) is 12.6. The van der Waals surface area contributed by atoms with Gasteiger partial charge in [0.25, 0.3) is 5.91 Å². The van der Waals surface area contributed by atoms with Crippen molar-refractivity contribution >= 4 is 5.91 Å². The summed E-state index contributed by atoms with van der Waals surface area (Å²) < 4.78 is 0. The number of rotatable bonds is 4. The van der Waals surface area contributed by atoms with E-state index in [9.17, 15) is 4.79 Å². The van der Waals surface area contributed by atoms with E-state index in [0.717, 1.165) is 43.2 Å². The lowest BCUT2D eigenvalue weighted by Gasteiger charge is -2.30. The Hall–Kier alpha value is -1.94. The van der Waals surface area contributed by atoms with Crippen LogP contribution in [0.2, 0.25) is 0 Å². The van der Waals surface area contributed by atoms with Crippen LogP contribution in [-0.4, -0.2) is 24.0 Å². The summed E-state index contributed by atoms with van der Waals surface area (Å²) in [6.45, 7) is 4.31. The van der Waals surface area contributed by atoms with Gasteiger partial charge >= 0.3 is 0 Å². The van der Waals surface area contributed by atoms with Gasteiger partial charge in [-0.25, -0.2) is 0 Å². The number of amides is 1. The van der Waals surface area contributed by atoms with Gasteiger partial charge in [-0.2, -0.15) is 0 Å². The lowest BCUT2D eigenvalue weighted by molar-refractivity contribution is 0.0966. The number of pyridine rings is 1. The fourth-order valence-electron chi connectivity index (χ4n) is 3.29. The van der Waals surface area contributed by atoms with Crippen LogP contribution in [0, 0.1) is 11.8 Å². The molecule has 4 nitrogen and oxygen atoms in total. The van der Waals surface area contributed by atoms with E-state index in [2.05, 4.69) is 40.8 Å². The number of allylic oxidation sites excluding steroid dienone is 3. The zero-order valence-corrected chi connectivity index (χ0v) is 13.7. The Morgan fingerprint density at radius 1 is 1.43 bits per heavy atom. The molecule has 2 aliphatic rings. The van der Waals surface area contributed by atoms with E-state index >= 15 is 0 Å². The van der Waals surface area contributed by atoms with Crippen molar-refractivity contribution in [2.45, 2.75) is 32.6 Å². The van der Waals surface area contributed by atoms with E-state index < -0.39 is 0 Å². The number of aryl methyl sites for hydroxylation is 1. The van der Waals surface area contributed by atoms with Crippen LogP contribution < -0.4 is 10.6 Å². The van der Waals surface area contributed by atoms with Crippen molar-refractivity contribution in [2.24, 2.45) is 11.8 Å². The summed E-state index contributed by atoms with van der Waals surface area (Å²) in [5.41, 5.74) is 2.51. The fourth-order valence-corrected chi connectivity index (χ4v) is 3.29. The normalized spacial score (nSPS) is 24.1. The smallest absolute Gasteiger partial charge is 0.257 e.